The SMILES string of the molecule is OC(c1ccc(Cl)cc1F)c1cnn2ccccc12. The van der Waals surface area contributed by atoms with Crippen LogP contribution < -0.4 is 0 Å². The number of nitrogens with zero attached hydrogens (tertiary/aromatic N) is 2. The first-order valence-corrected chi connectivity index (χ1v) is 6.10. The Bertz CT molecular complexity index is 741. The molecule has 0 aliphatic carbocycles. The Hall–Kier alpha value is -1.91. The largest absolute Gasteiger partial charge is 0.383 e. The number of benzene rings is 1. The van der Waals surface area contributed by atoms with Crippen molar-refractivity contribution in [1.82, 2.24) is 9.61 Å². The molecule has 0 bridgehead atoms. The number of aromatic nitrogens is 2. The molecular formula is C14H10ClFN2O. The van der Waals surface area contributed by atoms with Crippen LogP contribution in [0.4, 0.5) is 4.39 Å². The second kappa shape index (κ2) is 4.64. The molecule has 5 heteroatoms. The number of aliphatic hydroxyl groups excluding tert-OH is 1. The van der Waals surface area contributed by atoms with E-state index >= 15 is 0 Å². The summed E-state index contributed by atoms with van der Waals surface area (Å²) in [7, 11) is 0. The van der Waals surface area contributed by atoms with Crippen molar-refractivity contribution in [3.63, 3.8) is 0 Å². The lowest BCUT2D eigenvalue weighted by Gasteiger charge is -2.11. The number of hydrogen-bond acceptors (Lipinski definition) is 2. The van der Waals surface area contributed by atoms with Crippen molar-refractivity contribution in [2.24, 2.45) is 0 Å². The molecule has 1 N–H and O–H groups in total. The fraction of sp³-hybridized carbons (Fsp3) is 0.0714. The molecule has 1 atom stereocenters. The van der Waals surface area contributed by atoms with Crippen molar-refractivity contribution in [3.8, 4) is 0 Å². The van der Waals surface area contributed by atoms with Gasteiger partial charge in [-0.05, 0) is 24.3 Å². The Morgan fingerprint density at radius 3 is 2.84 bits per heavy atom. The molecule has 0 saturated carbocycles. The highest BCUT2D eigenvalue weighted by Gasteiger charge is 2.19. The van der Waals surface area contributed by atoms with E-state index in [0.29, 0.717) is 10.6 Å². The Morgan fingerprint density at radius 2 is 2.05 bits per heavy atom. The number of halogens is 2. The molecule has 96 valence electrons. The minimum Gasteiger partial charge on any atom is -0.383 e. The molecule has 3 nitrogen and oxygen atoms in total. The van der Waals surface area contributed by atoms with E-state index in [-0.39, 0.29) is 5.56 Å². The zero-order chi connectivity index (χ0) is 13.4. The first-order valence-electron chi connectivity index (χ1n) is 5.72. The third-order valence-electron chi connectivity index (χ3n) is 3.01. The second-order valence-electron chi connectivity index (χ2n) is 4.20. The van der Waals surface area contributed by atoms with Gasteiger partial charge in [-0.2, -0.15) is 5.10 Å². The highest BCUT2D eigenvalue weighted by atomic mass is 35.5. The van der Waals surface area contributed by atoms with Crippen LogP contribution in [0.25, 0.3) is 5.52 Å². The maximum Gasteiger partial charge on any atom is 0.130 e. The van der Waals surface area contributed by atoms with Gasteiger partial charge in [-0.1, -0.05) is 23.7 Å². The van der Waals surface area contributed by atoms with Crippen LogP contribution in [0.5, 0.6) is 0 Å². The monoisotopic (exact) mass is 276 g/mol. The summed E-state index contributed by atoms with van der Waals surface area (Å²) in [6.45, 7) is 0. The fourth-order valence-corrected chi connectivity index (χ4v) is 2.21. The molecule has 0 spiro atoms. The molecule has 0 aliphatic heterocycles. The van der Waals surface area contributed by atoms with Crippen LogP contribution in [0.2, 0.25) is 5.02 Å². The predicted molar refractivity (Wildman–Crippen MR) is 70.7 cm³/mol. The minimum atomic E-state index is -1.07. The number of rotatable bonds is 2. The molecule has 3 rings (SSSR count). The summed E-state index contributed by atoms with van der Waals surface area (Å²) < 4.78 is 15.5. The molecular weight excluding hydrogens is 267 g/mol. The molecule has 0 radical (unpaired) electrons. The van der Waals surface area contributed by atoms with Crippen LogP contribution in [-0.2, 0) is 0 Å². The average Bonchev–Trinajstić information content (AvgIpc) is 2.82. The van der Waals surface area contributed by atoms with Gasteiger partial charge in [-0.3, -0.25) is 0 Å². The van der Waals surface area contributed by atoms with E-state index < -0.39 is 11.9 Å². The summed E-state index contributed by atoms with van der Waals surface area (Å²) in [6.07, 6.45) is 2.23. The number of pyridine rings is 1. The van der Waals surface area contributed by atoms with E-state index in [1.54, 1.807) is 16.8 Å². The molecule has 1 aromatic carbocycles. The van der Waals surface area contributed by atoms with Crippen molar-refractivity contribution in [2.75, 3.05) is 0 Å². The Morgan fingerprint density at radius 1 is 1.21 bits per heavy atom. The molecule has 0 amide bonds. The van der Waals surface area contributed by atoms with Gasteiger partial charge in [0.2, 0.25) is 0 Å². The topological polar surface area (TPSA) is 37.5 Å². The molecule has 0 saturated heterocycles. The van der Waals surface area contributed by atoms with E-state index in [4.69, 9.17) is 11.6 Å². The van der Waals surface area contributed by atoms with Gasteiger partial charge in [0.15, 0.2) is 0 Å². The highest BCUT2D eigenvalue weighted by Crippen LogP contribution is 2.28. The molecule has 1 unspecified atom stereocenters. The van der Waals surface area contributed by atoms with Crippen molar-refractivity contribution in [3.05, 3.63) is 70.8 Å². The van der Waals surface area contributed by atoms with Gasteiger partial charge in [-0.25, -0.2) is 8.91 Å². The summed E-state index contributed by atoms with van der Waals surface area (Å²) >= 11 is 5.70. The summed E-state index contributed by atoms with van der Waals surface area (Å²) in [6, 6.07) is 9.71. The summed E-state index contributed by atoms with van der Waals surface area (Å²) in [5.41, 5.74) is 1.48. The lowest BCUT2D eigenvalue weighted by atomic mass is 10.0. The van der Waals surface area contributed by atoms with Crippen LogP contribution in [0, 0.1) is 5.82 Å². The van der Waals surface area contributed by atoms with Gasteiger partial charge in [-0.15, -0.1) is 0 Å². The van der Waals surface area contributed by atoms with Crippen molar-refractivity contribution in [1.29, 1.82) is 0 Å². The van der Waals surface area contributed by atoms with Gasteiger partial charge in [0.1, 0.15) is 11.9 Å². The average molecular weight is 277 g/mol. The van der Waals surface area contributed by atoms with E-state index in [1.807, 2.05) is 18.2 Å². The summed E-state index contributed by atoms with van der Waals surface area (Å²) in [5, 5.41) is 14.7. The second-order valence-corrected chi connectivity index (χ2v) is 4.64. The van der Waals surface area contributed by atoms with E-state index in [2.05, 4.69) is 5.10 Å². The molecule has 0 fully saturated rings. The quantitative estimate of drug-likeness (QED) is 0.780. The van der Waals surface area contributed by atoms with Gasteiger partial charge >= 0.3 is 0 Å². The van der Waals surface area contributed by atoms with Gasteiger partial charge < -0.3 is 5.11 Å². The standard InChI is InChI=1S/C14H10ClFN2O/c15-9-4-5-10(12(16)7-9)14(19)11-8-17-18-6-2-1-3-13(11)18/h1-8,14,19H. The molecule has 3 aromatic rings. The van der Waals surface area contributed by atoms with Crippen LogP contribution in [-0.4, -0.2) is 14.7 Å². The lowest BCUT2D eigenvalue weighted by Crippen LogP contribution is -2.02. The Kier molecular flexibility index (Phi) is 2.97. The van der Waals surface area contributed by atoms with E-state index in [0.717, 1.165) is 5.52 Å². The minimum absolute atomic E-state index is 0.183. The van der Waals surface area contributed by atoms with Crippen molar-refractivity contribution in [2.45, 2.75) is 6.10 Å². The number of hydrogen-bond donors (Lipinski definition) is 1. The lowest BCUT2D eigenvalue weighted by molar-refractivity contribution is 0.216. The molecule has 19 heavy (non-hydrogen) atoms. The molecule has 2 aromatic heterocycles. The summed E-state index contributed by atoms with van der Waals surface area (Å²) in [4.78, 5) is 0. The highest BCUT2D eigenvalue weighted by molar-refractivity contribution is 6.30. The number of aliphatic hydroxyl groups is 1. The van der Waals surface area contributed by atoms with Crippen LogP contribution in [0.1, 0.15) is 17.2 Å². The Labute approximate surface area is 113 Å². The number of fused-ring (bicyclic) bond motifs is 1. The zero-order valence-electron chi connectivity index (χ0n) is 9.79. The third-order valence-corrected chi connectivity index (χ3v) is 3.24. The van der Waals surface area contributed by atoms with Gasteiger partial charge in [0, 0.05) is 22.3 Å². The van der Waals surface area contributed by atoms with Gasteiger partial charge in [0.25, 0.3) is 0 Å². The smallest absolute Gasteiger partial charge is 0.130 e. The van der Waals surface area contributed by atoms with Crippen molar-refractivity contribution >= 4 is 17.1 Å². The summed E-state index contributed by atoms with van der Waals surface area (Å²) in [5.74, 6) is -0.532. The third kappa shape index (κ3) is 2.09. The Balaban J connectivity index is 2.10. The van der Waals surface area contributed by atoms with Crippen LogP contribution in [0.3, 0.4) is 0 Å². The maximum atomic E-state index is 13.8. The maximum absolute atomic E-state index is 13.8. The zero-order valence-corrected chi connectivity index (χ0v) is 10.5. The first kappa shape index (κ1) is 12.1. The normalized spacial score (nSPS) is 12.8. The van der Waals surface area contributed by atoms with E-state index in [9.17, 15) is 9.50 Å². The fourth-order valence-electron chi connectivity index (χ4n) is 2.06. The van der Waals surface area contributed by atoms with Crippen LogP contribution >= 0.6 is 11.6 Å². The molecule has 2 heterocycles. The van der Waals surface area contributed by atoms with Gasteiger partial charge in [0.05, 0.1) is 11.7 Å². The molecule has 0 aliphatic rings. The predicted octanol–water partition coefficient (Wildman–Crippen LogP) is 3.21. The van der Waals surface area contributed by atoms with Crippen LogP contribution in [0.15, 0.2) is 48.8 Å². The van der Waals surface area contributed by atoms with Crippen molar-refractivity contribution < 1.29 is 9.50 Å². The first-order chi connectivity index (χ1) is 9.16. The van der Waals surface area contributed by atoms with E-state index in [1.165, 1.54) is 18.3 Å².